The van der Waals surface area contributed by atoms with E-state index in [0.29, 0.717) is 4.90 Å². The molecule has 0 bridgehead atoms. The van der Waals surface area contributed by atoms with E-state index in [1.165, 1.54) is 19.1 Å². The van der Waals surface area contributed by atoms with Crippen LogP contribution in [0.2, 0.25) is 0 Å². The Morgan fingerprint density at radius 2 is 1.79 bits per heavy atom. The van der Waals surface area contributed by atoms with E-state index in [4.69, 9.17) is 0 Å². The third-order valence-electron chi connectivity index (χ3n) is 4.57. The zero-order chi connectivity index (χ0) is 17.6. The standard InChI is InChI=1S/C16H16F2N2O4/c1-9-6-16(17,18)8-20(15(23)24)12(9)7-19-13(21)10-4-2-3-5-11(10)14(19)22/h2-5,9,12H,6-8H2,1H3,(H,23,24). The quantitative estimate of drug-likeness (QED) is 0.840. The molecule has 6 nitrogen and oxygen atoms in total. The molecule has 2 unspecified atom stereocenters. The summed E-state index contributed by atoms with van der Waals surface area (Å²) in [5.41, 5.74) is 0.497. The minimum absolute atomic E-state index is 0.226. The lowest BCUT2D eigenvalue weighted by atomic mass is 9.88. The lowest BCUT2D eigenvalue weighted by molar-refractivity contribution is -0.0962. The zero-order valence-electron chi connectivity index (χ0n) is 12.9. The first kappa shape index (κ1) is 16.4. The smallest absolute Gasteiger partial charge is 0.407 e. The van der Waals surface area contributed by atoms with Gasteiger partial charge in [0.25, 0.3) is 17.7 Å². The molecule has 2 heterocycles. The number of carbonyl (C=O) groups excluding carboxylic acids is 2. The number of benzene rings is 1. The van der Waals surface area contributed by atoms with Crippen molar-refractivity contribution < 1.29 is 28.3 Å². The van der Waals surface area contributed by atoms with Crippen molar-refractivity contribution in [2.45, 2.75) is 25.3 Å². The molecule has 1 aromatic carbocycles. The van der Waals surface area contributed by atoms with Crippen LogP contribution in [0.5, 0.6) is 0 Å². The van der Waals surface area contributed by atoms with E-state index < -0.39 is 48.8 Å². The normalized spacial score (nSPS) is 25.8. The van der Waals surface area contributed by atoms with Crippen LogP contribution < -0.4 is 0 Å². The Labute approximate surface area is 136 Å². The van der Waals surface area contributed by atoms with Crippen LogP contribution in [0.25, 0.3) is 0 Å². The molecule has 0 aliphatic carbocycles. The summed E-state index contributed by atoms with van der Waals surface area (Å²) in [4.78, 5) is 37.7. The molecule has 2 atom stereocenters. The predicted octanol–water partition coefficient (Wildman–Crippen LogP) is 2.31. The Kier molecular flexibility index (Phi) is 3.77. The molecule has 0 saturated carbocycles. The third-order valence-corrected chi connectivity index (χ3v) is 4.57. The van der Waals surface area contributed by atoms with Crippen LogP contribution >= 0.6 is 0 Å². The van der Waals surface area contributed by atoms with Crippen molar-refractivity contribution in [1.82, 2.24) is 9.80 Å². The number of carbonyl (C=O) groups is 3. The van der Waals surface area contributed by atoms with Gasteiger partial charge >= 0.3 is 6.09 Å². The Morgan fingerprint density at radius 3 is 2.29 bits per heavy atom. The minimum atomic E-state index is -3.11. The molecule has 1 saturated heterocycles. The summed E-state index contributed by atoms with van der Waals surface area (Å²) in [7, 11) is 0. The van der Waals surface area contributed by atoms with E-state index in [-0.39, 0.29) is 17.7 Å². The zero-order valence-corrected chi connectivity index (χ0v) is 12.9. The molecule has 1 aromatic rings. The van der Waals surface area contributed by atoms with E-state index in [9.17, 15) is 28.3 Å². The van der Waals surface area contributed by atoms with Crippen LogP contribution in [0, 0.1) is 5.92 Å². The van der Waals surface area contributed by atoms with Gasteiger partial charge < -0.3 is 5.11 Å². The number of rotatable bonds is 2. The summed E-state index contributed by atoms with van der Waals surface area (Å²) in [6.45, 7) is 0.349. The molecule has 2 aliphatic heterocycles. The monoisotopic (exact) mass is 338 g/mol. The minimum Gasteiger partial charge on any atom is -0.465 e. The Morgan fingerprint density at radius 1 is 1.25 bits per heavy atom. The van der Waals surface area contributed by atoms with Crippen molar-refractivity contribution in [2.24, 2.45) is 5.92 Å². The molecule has 0 aromatic heterocycles. The summed E-state index contributed by atoms with van der Waals surface area (Å²) in [6, 6.07) is 5.43. The highest BCUT2D eigenvalue weighted by atomic mass is 19.3. The molecule has 24 heavy (non-hydrogen) atoms. The van der Waals surface area contributed by atoms with Crippen molar-refractivity contribution in [1.29, 1.82) is 0 Å². The van der Waals surface area contributed by atoms with Gasteiger partial charge in [0.15, 0.2) is 0 Å². The summed E-state index contributed by atoms with van der Waals surface area (Å²) >= 11 is 0. The first-order chi connectivity index (χ1) is 11.2. The van der Waals surface area contributed by atoms with Crippen molar-refractivity contribution in [2.75, 3.05) is 13.1 Å². The summed E-state index contributed by atoms with van der Waals surface area (Å²) in [5, 5.41) is 9.24. The van der Waals surface area contributed by atoms with Crippen molar-refractivity contribution in [3.8, 4) is 0 Å². The average molecular weight is 338 g/mol. The fraction of sp³-hybridized carbons (Fsp3) is 0.438. The molecule has 0 radical (unpaired) electrons. The van der Waals surface area contributed by atoms with Gasteiger partial charge in [0, 0.05) is 6.42 Å². The number of likely N-dealkylation sites (tertiary alicyclic amines) is 1. The van der Waals surface area contributed by atoms with E-state index in [1.54, 1.807) is 12.1 Å². The summed E-state index contributed by atoms with van der Waals surface area (Å²) in [5.74, 6) is -4.85. The molecule has 8 heteroatoms. The van der Waals surface area contributed by atoms with Crippen LogP contribution in [0.3, 0.4) is 0 Å². The van der Waals surface area contributed by atoms with Crippen molar-refractivity contribution in [3.63, 3.8) is 0 Å². The molecule has 0 spiro atoms. The topological polar surface area (TPSA) is 77.9 Å². The SMILES string of the molecule is CC1CC(F)(F)CN(C(=O)O)C1CN1C(=O)c2ccccc2C1=O. The second-order valence-electron chi connectivity index (χ2n) is 6.28. The van der Waals surface area contributed by atoms with Crippen LogP contribution in [0.4, 0.5) is 13.6 Å². The maximum atomic E-state index is 13.7. The van der Waals surface area contributed by atoms with Gasteiger partial charge in [0.2, 0.25) is 0 Å². The molecular weight excluding hydrogens is 322 g/mol. The molecule has 3 amide bonds. The number of imide groups is 1. The number of alkyl halides is 2. The lowest BCUT2D eigenvalue weighted by Gasteiger charge is -2.42. The van der Waals surface area contributed by atoms with E-state index in [0.717, 1.165) is 4.90 Å². The summed E-state index contributed by atoms with van der Waals surface area (Å²) < 4.78 is 27.3. The van der Waals surface area contributed by atoms with Crippen LogP contribution in [-0.4, -0.2) is 57.9 Å². The highest BCUT2D eigenvalue weighted by molar-refractivity contribution is 6.21. The predicted molar refractivity (Wildman–Crippen MR) is 79.1 cm³/mol. The number of hydrogen-bond donors (Lipinski definition) is 1. The number of piperidine rings is 1. The fourth-order valence-electron chi connectivity index (χ4n) is 3.43. The van der Waals surface area contributed by atoms with Gasteiger partial charge in [0.1, 0.15) is 0 Å². The Balaban J connectivity index is 1.86. The van der Waals surface area contributed by atoms with Gasteiger partial charge in [-0.2, -0.15) is 0 Å². The van der Waals surface area contributed by atoms with Gasteiger partial charge in [-0.25, -0.2) is 13.6 Å². The first-order valence-corrected chi connectivity index (χ1v) is 7.54. The van der Waals surface area contributed by atoms with E-state index in [1.807, 2.05) is 0 Å². The van der Waals surface area contributed by atoms with Crippen molar-refractivity contribution >= 4 is 17.9 Å². The molecule has 128 valence electrons. The fourth-order valence-corrected chi connectivity index (χ4v) is 3.43. The number of fused-ring (bicyclic) bond motifs is 1. The second-order valence-corrected chi connectivity index (χ2v) is 6.28. The molecule has 1 N–H and O–H groups in total. The van der Waals surface area contributed by atoms with Crippen LogP contribution in [0.15, 0.2) is 24.3 Å². The number of halogens is 2. The van der Waals surface area contributed by atoms with Gasteiger partial charge in [-0.15, -0.1) is 0 Å². The lowest BCUT2D eigenvalue weighted by Crippen LogP contribution is -2.58. The highest BCUT2D eigenvalue weighted by Crippen LogP contribution is 2.35. The van der Waals surface area contributed by atoms with Crippen LogP contribution in [0.1, 0.15) is 34.1 Å². The molecular formula is C16H16F2N2O4. The van der Waals surface area contributed by atoms with Crippen molar-refractivity contribution in [3.05, 3.63) is 35.4 Å². The van der Waals surface area contributed by atoms with E-state index in [2.05, 4.69) is 0 Å². The second kappa shape index (κ2) is 5.54. The number of carboxylic acid groups (broad SMARTS) is 1. The highest BCUT2D eigenvalue weighted by Gasteiger charge is 2.48. The number of amides is 3. The first-order valence-electron chi connectivity index (χ1n) is 7.54. The molecule has 3 rings (SSSR count). The van der Waals surface area contributed by atoms with E-state index >= 15 is 0 Å². The maximum Gasteiger partial charge on any atom is 0.407 e. The largest absolute Gasteiger partial charge is 0.465 e. The Hall–Kier alpha value is -2.51. The van der Waals surface area contributed by atoms with Crippen LogP contribution in [-0.2, 0) is 0 Å². The van der Waals surface area contributed by atoms with Gasteiger partial charge in [-0.3, -0.25) is 19.4 Å². The molecule has 2 aliphatic rings. The van der Waals surface area contributed by atoms with Gasteiger partial charge in [-0.1, -0.05) is 19.1 Å². The van der Waals surface area contributed by atoms with Gasteiger partial charge in [-0.05, 0) is 18.1 Å². The third kappa shape index (κ3) is 2.61. The molecule has 1 fully saturated rings. The maximum absolute atomic E-state index is 13.7. The number of nitrogens with zero attached hydrogens (tertiary/aromatic N) is 2. The average Bonchev–Trinajstić information content (AvgIpc) is 2.74. The summed E-state index contributed by atoms with van der Waals surface area (Å²) in [6.07, 6.45) is -1.97. The Bertz CT molecular complexity index is 687. The number of hydrogen-bond acceptors (Lipinski definition) is 3. The van der Waals surface area contributed by atoms with Gasteiger partial charge in [0.05, 0.1) is 30.3 Å².